The molecule has 4 atom stereocenters. The molecule has 4 aromatic rings. The summed E-state index contributed by atoms with van der Waals surface area (Å²) in [6.45, 7) is 2.12. The molecule has 0 saturated carbocycles. The summed E-state index contributed by atoms with van der Waals surface area (Å²) >= 11 is 0. The molecule has 5 heterocycles. The van der Waals surface area contributed by atoms with E-state index in [1.165, 1.54) is 30.3 Å². The van der Waals surface area contributed by atoms with Crippen molar-refractivity contribution in [2.75, 3.05) is 38.2 Å². The van der Waals surface area contributed by atoms with Gasteiger partial charge in [0.25, 0.3) is 0 Å². The molecule has 3 aliphatic rings. The molecule has 11 heteroatoms. The van der Waals surface area contributed by atoms with Crippen LogP contribution in [0, 0.1) is 11.6 Å². The maximum atomic E-state index is 15.8. The number of rotatable bonds is 5. The molecule has 3 fully saturated rings. The number of hydrogen-bond donors (Lipinski definition) is 2. The molecule has 2 bridgehead atoms. The number of ether oxygens (including phenoxy) is 1. The number of phenols is 1. The van der Waals surface area contributed by atoms with E-state index in [2.05, 4.69) is 25.2 Å². The molecule has 0 radical (unpaired) electrons. The highest BCUT2D eigenvalue weighted by molar-refractivity contribution is 5.99. The summed E-state index contributed by atoms with van der Waals surface area (Å²) in [5.41, 5.74) is 0.183. The van der Waals surface area contributed by atoms with Crippen LogP contribution in [0.1, 0.15) is 12.8 Å². The number of aromatic nitrogens is 3. The van der Waals surface area contributed by atoms with Crippen molar-refractivity contribution in [1.82, 2.24) is 25.2 Å². The number of nitrogens with zero attached hydrogens (tertiary/aromatic N) is 5. The van der Waals surface area contributed by atoms with Gasteiger partial charge in [-0.05, 0) is 49.5 Å². The SMILES string of the molecule is CN1C[C@H](F)C[C@H]1COc1nc(N2C3CNCC2C3)c2cc(F)c(-c3cc(O)cc4cccc(F)c34)nc2n1. The summed E-state index contributed by atoms with van der Waals surface area (Å²) < 4.78 is 50.5. The van der Waals surface area contributed by atoms with Gasteiger partial charge in [-0.15, -0.1) is 0 Å². The highest BCUT2D eigenvalue weighted by atomic mass is 19.1. The van der Waals surface area contributed by atoms with Crippen molar-refractivity contribution in [3.05, 3.63) is 48.0 Å². The molecule has 8 nitrogen and oxygen atoms in total. The average Bonchev–Trinajstić information content (AvgIpc) is 3.23. The Kier molecular flexibility index (Phi) is 5.74. The highest BCUT2D eigenvalue weighted by Gasteiger charge is 2.43. The predicted octanol–water partition coefficient (Wildman–Crippen LogP) is 3.80. The number of piperidine rings is 1. The Morgan fingerprint density at radius 2 is 1.87 bits per heavy atom. The summed E-state index contributed by atoms with van der Waals surface area (Å²) in [4.78, 5) is 17.8. The van der Waals surface area contributed by atoms with Crippen LogP contribution >= 0.6 is 0 Å². The molecule has 2 aromatic carbocycles. The maximum absolute atomic E-state index is 15.8. The lowest BCUT2D eigenvalue weighted by molar-refractivity contribution is 0.187. The van der Waals surface area contributed by atoms with E-state index in [-0.39, 0.29) is 58.8 Å². The van der Waals surface area contributed by atoms with Gasteiger partial charge < -0.3 is 20.1 Å². The maximum Gasteiger partial charge on any atom is 0.320 e. The number of aromatic hydroxyl groups is 1. The molecule has 3 aliphatic heterocycles. The topological polar surface area (TPSA) is 86.6 Å². The van der Waals surface area contributed by atoms with Crippen LogP contribution in [0.5, 0.6) is 11.8 Å². The number of hydrogen-bond acceptors (Lipinski definition) is 8. The molecule has 202 valence electrons. The number of alkyl halides is 1. The Balaban J connectivity index is 1.36. The number of likely N-dealkylation sites (tertiary alicyclic amines) is 1. The minimum absolute atomic E-state index is 0.0724. The van der Waals surface area contributed by atoms with Crippen LogP contribution in [0.2, 0.25) is 0 Å². The van der Waals surface area contributed by atoms with Crippen LogP contribution in [-0.4, -0.2) is 82.5 Å². The number of phenolic OH excluding ortho intramolecular Hbond substituents is 1. The third-order valence-corrected chi connectivity index (χ3v) is 8.14. The quantitative estimate of drug-likeness (QED) is 0.399. The Labute approximate surface area is 222 Å². The van der Waals surface area contributed by atoms with E-state index in [0.717, 1.165) is 19.5 Å². The zero-order chi connectivity index (χ0) is 26.8. The number of halogens is 3. The van der Waals surface area contributed by atoms with Crippen LogP contribution in [0.4, 0.5) is 19.0 Å². The molecular weight excluding hydrogens is 509 g/mol. The Morgan fingerprint density at radius 1 is 1.05 bits per heavy atom. The van der Waals surface area contributed by atoms with Gasteiger partial charge in [-0.3, -0.25) is 4.90 Å². The number of anilines is 1. The zero-order valence-corrected chi connectivity index (χ0v) is 21.2. The van der Waals surface area contributed by atoms with Gasteiger partial charge in [0.1, 0.15) is 41.7 Å². The minimum atomic E-state index is -0.908. The Bertz CT molecular complexity index is 1590. The summed E-state index contributed by atoms with van der Waals surface area (Å²) in [6, 6.07) is 8.87. The lowest BCUT2D eigenvalue weighted by Gasteiger charge is -2.54. The van der Waals surface area contributed by atoms with Gasteiger partial charge in [0.2, 0.25) is 0 Å². The van der Waals surface area contributed by atoms with E-state index >= 15 is 4.39 Å². The first-order chi connectivity index (χ1) is 18.9. The number of fused-ring (bicyclic) bond motifs is 4. The van der Waals surface area contributed by atoms with Crippen molar-refractivity contribution in [2.45, 2.75) is 37.1 Å². The standard InChI is InChI=1S/C28H27F3N6O2/c1-36-12-15(29)6-18(36)13-39-28-34-26-21(27(35-28)37-16-7-17(37)11-32-10-16)9-23(31)25(33-26)20-8-19(38)5-14-3-2-4-22(30)24(14)20/h2-5,8-9,15-18,32,38H,6-7,10-13H2,1H3/t15-,16?,17?,18+/m1/s1. The average molecular weight is 537 g/mol. The third-order valence-electron chi connectivity index (χ3n) is 8.14. The number of nitrogens with one attached hydrogen (secondary N) is 1. The first-order valence-corrected chi connectivity index (χ1v) is 13.1. The summed E-state index contributed by atoms with van der Waals surface area (Å²) in [6.07, 6.45) is 0.458. The second-order valence-electron chi connectivity index (χ2n) is 10.7. The molecule has 0 aliphatic carbocycles. The van der Waals surface area contributed by atoms with E-state index in [0.29, 0.717) is 29.6 Å². The molecule has 2 N–H and O–H groups in total. The predicted molar refractivity (Wildman–Crippen MR) is 141 cm³/mol. The fraction of sp³-hybridized carbons (Fsp3) is 0.393. The molecule has 0 spiro atoms. The van der Waals surface area contributed by atoms with Gasteiger partial charge in [-0.2, -0.15) is 9.97 Å². The largest absolute Gasteiger partial charge is 0.508 e. The fourth-order valence-corrected chi connectivity index (χ4v) is 6.20. The summed E-state index contributed by atoms with van der Waals surface area (Å²) in [7, 11) is 1.85. The first-order valence-electron chi connectivity index (χ1n) is 13.1. The van der Waals surface area contributed by atoms with E-state index < -0.39 is 17.8 Å². The van der Waals surface area contributed by atoms with Crippen LogP contribution in [0.25, 0.3) is 33.1 Å². The molecule has 3 saturated heterocycles. The molecule has 7 rings (SSSR count). The first kappa shape index (κ1) is 24.3. The molecule has 39 heavy (non-hydrogen) atoms. The van der Waals surface area contributed by atoms with Crippen molar-refractivity contribution < 1.29 is 23.0 Å². The summed E-state index contributed by atoms with van der Waals surface area (Å²) in [5.74, 6) is -0.833. The minimum Gasteiger partial charge on any atom is -0.508 e. The second kappa shape index (κ2) is 9.20. The van der Waals surface area contributed by atoms with Gasteiger partial charge in [-0.25, -0.2) is 18.2 Å². The molecule has 0 amide bonds. The lowest BCUT2D eigenvalue weighted by Crippen LogP contribution is -2.68. The van der Waals surface area contributed by atoms with Gasteiger partial charge >= 0.3 is 6.01 Å². The van der Waals surface area contributed by atoms with E-state index in [1.807, 2.05) is 11.9 Å². The number of likely N-dealkylation sites (N-methyl/N-ethyl adjacent to an activating group) is 1. The van der Waals surface area contributed by atoms with Crippen LogP contribution in [0.3, 0.4) is 0 Å². The van der Waals surface area contributed by atoms with Crippen molar-refractivity contribution >= 4 is 27.6 Å². The zero-order valence-electron chi connectivity index (χ0n) is 21.2. The van der Waals surface area contributed by atoms with Gasteiger partial charge in [-0.1, -0.05) is 12.1 Å². The van der Waals surface area contributed by atoms with Gasteiger partial charge in [0.05, 0.1) is 5.39 Å². The number of piperazine rings is 1. The van der Waals surface area contributed by atoms with E-state index in [9.17, 15) is 13.9 Å². The molecular formula is C28H27F3N6O2. The van der Waals surface area contributed by atoms with E-state index in [4.69, 9.17) is 4.74 Å². The lowest BCUT2D eigenvalue weighted by atomic mass is 9.88. The van der Waals surface area contributed by atoms with Crippen molar-refractivity contribution in [3.8, 4) is 23.0 Å². The van der Waals surface area contributed by atoms with Crippen LogP contribution in [0.15, 0.2) is 36.4 Å². The second-order valence-corrected chi connectivity index (χ2v) is 10.7. The fourth-order valence-electron chi connectivity index (χ4n) is 6.20. The van der Waals surface area contributed by atoms with Gasteiger partial charge in [0, 0.05) is 48.7 Å². The molecule has 2 aromatic heterocycles. The monoisotopic (exact) mass is 536 g/mol. The van der Waals surface area contributed by atoms with Crippen LogP contribution in [-0.2, 0) is 0 Å². The van der Waals surface area contributed by atoms with E-state index in [1.54, 1.807) is 6.07 Å². The third kappa shape index (κ3) is 4.11. The van der Waals surface area contributed by atoms with Gasteiger partial charge in [0.15, 0.2) is 5.65 Å². The Hall–Kier alpha value is -3.70. The van der Waals surface area contributed by atoms with Crippen molar-refractivity contribution in [2.24, 2.45) is 0 Å². The Morgan fingerprint density at radius 3 is 2.62 bits per heavy atom. The van der Waals surface area contributed by atoms with Crippen LogP contribution < -0.4 is 15.0 Å². The normalized spacial score (nSPS) is 24.9. The number of pyridine rings is 1. The molecule has 2 unspecified atom stereocenters. The smallest absolute Gasteiger partial charge is 0.320 e. The van der Waals surface area contributed by atoms with Crippen molar-refractivity contribution in [3.63, 3.8) is 0 Å². The van der Waals surface area contributed by atoms with Crippen molar-refractivity contribution in [1.29, 1.82) is 0 Å². The number of benzene rings is 2. The highest BCUT2D eigenvalue weighted by Crippen LogP contribution is 2.40. The summed E-state index contributed by atoms with van der Waals surface area (Å²) in [5, 5.41) is 14.7.